The lowest BCUT2D eigenvalue weighted by molar-refractivity contribution is -0.144. The Morgan fingerprint density at radius 1 is 1.17 bits per heavy atom. The highest BCUT2D eigenvalue weighted by molar-refractivity contribution is 5.81. The molecule has 1 atom stereocenters. The third kappa shape index (κ3) is 1.87. The van der Waals surface area contributed by atoms with Crippen molar-refractivity contribution >= 4 is 5.91 Å². The van der Waals surface area contributed by atoms with Gasteiger partial charge in [0.25, 0.3) is 0 Å². The average molecular weight is 250 g/mol. The van der Waals surface area contributed by atoms with Gasteiger partial charge >= 0.3 is 0 Å². The first-order valence-corrected chi connectivity index (χ1v) is 7.66. The molecule has 0 radical (unpaired) electrons. The SMILES string of the molecule is CCN(C(=O)C(C)N)C1C2CC3CC(C2)CC1C3. The molecule has 0 saturated heterocycles. The standard InChI is InChI=1S/C15H26N2O/c1-3-17(15(18)9(2)16)14-12-5-10-4-11(7-12)8-13(14)6-10/h9-14H,3-8,16H2,1-2H3. The minimum absolute atomic E-state index is 0.162. The van der Waals surface area contributed by atoms with Crippen molar-refractivity contribution in [3.8, 4) is 0 Å². The summed E-state index contributed by atoms with van der Waals surface area (Å²) < 4.78 is 0. The van der Waals surface area contributed by atoms with E-state index in [4.69, 9.17) is 5.73 Å². The van der Waals surface area contributed by atoms with E-state index in [1.165, 1.54) is 32.1 Å². The normalized spacial score (nSPS) is 42.9. The fraction of sp³-hybridized carbons (Fsp3) is 0.933. The van der Waals surface area contributed by atoms with Gasteiger partial charge in [-0.25, -0.2) is 0 Å². The molecule has 3 heteroatoms. The van der Waals surface area contributed by atoms with E-state index in [0.717, 1.165) is 30.2 Å². The third-order valence-electron chi connectivity index (χ3n) is 5.55. The molecule has 0 heterocycles. The van der Waals surface area contributed by atoms with E-state index in [1.54, 1.807) is 0 Å². The van der Waals surface area contributed by atoms with Gasteiger partial charge < -0.3 is 10.6 Å². The van der Waals surface area contributed by atoms with Crippen LogP contribution < -0.4 is 5.73 Å². The Balaban J connectivity index is 1.80. The lowest BCUT2D eigenvalue weighted by atomic mass is 9.54. The van der Waals surface area contributed by atoms with Gasteiger partial charge in [-0.05, 0) is 69.6 Å². The van der Waals surface area contributed by atoms with Crippen LogP contribution in [-0.4, -0.2) is 29.4 Å². The molecule has 2 N–H and O–H groups in total. The van der Waals surface area contributed by atoms with Gasteiger partial charge in [0.05, 0.1) is 6.04 Å². The molecular formula is C15H26N2O. The van der Waals surface area contributed by atoms with Gasteiger partial charge in [-0.15, -0.1) is 0 Å². The van der Waals surface area contributed by atoms with Gasteiger partial charge in [-0.3, -0.25) is 4.79 Å². The van der Waals surface area contributed by atoms with Crippen LogP contribution in [-0.2, 0) is 4.79 Å². The predicted molar refractivity (Wildman–Crippen MR) is 71.9 cm³/mol. The molecule has 0 aromatic heterocycles. The summed E-state index contributed by atoms with van der Waals surface area (Å²) in [7, 11) is 0. The maximum absolute atomic E-state index is 12.3. The van der Waals surface area contributed by atoms with Crippen molar-refractivity contribution in [3.05, 3.63) is 0 Å². The molecule has 4 fully saturated rings. The van der Waals surface area contributed by atoms with Gasteiger partial charge in [-0.1, -0.05) is 0 Å². The highest BCUT2D eigenvalue weighted by atomic mass is 16.2. The van der Waals surface area contributed by atoms with Crippen LogP contribution in [0.1, 0.15) is 46.0 Å². The number of amides is 1. The summed E-state index contributed by atoms with van der Waals surface area (Å²) in [5, 5.41) is 0. The van der Waals surface area contributed by atoms with Crippen molar-refractivity contribution in [2.75, 3.05) is 6.54 Å². The summed E-state index contributed by atoms with van der Waals surface area (Å²) in [6.45, 7) is 4.75. The van der Waals surface area contributed by atoms with Crippen LogP contribution >= 0.6 is 0 Å². The Kier molecular flexibility index (Phi) is 3.13. The molecule has 4 aliphatic rings. The summed E-state index contributed by atoms with van der Waals surface area (Å²) in [5.74, 6) is 3.63. The molecule has 1 amide bonds. The Hall–Kier alpha value is -0.570. The van der Waals surface area contributed by atoms with E-state index < -0.39 is 0 Å². The molecule has 0 spiro atoms. The van der Waals surface area contributed by atoms with E-state index in [0.29, 0.717) is 6.04 Å². The Morgan fingerprint density at radius 3 is 2.06 bits per heavy atom. The lowest BCUT2D eigenvalue weighted by Gasteiger charge is -2.57. The number of hydrogen-bond donors (Lipinski definition) is 1. The van der Waals surface area contributed by atoms with Crippen LogP contribution in [0.15, 0.2) is 0 Å². The molecule has 1 unspecified atom stereocenters. The van der Waals surface area contributed by atoms with E-state index in [1.807, 2.05) is 6.92 Å². The number of carbonyl (C=O) groups excluding carboxylic acids is 1. The quantitative estimate of drug-likeness (QED) is 0.833. The molecule has 4 saturated carbocycles. The summed E-state index contributed by atoms with van der Waals surface area (Å²) in [6.07, 6.45) is 6.91. The van der Waals surface area contributed by atoms with Crippen LogP contribution in [0.2, 0.25) is 0 Å². The predicted octanol–water partition coefficient (Wildman–Crippen LogP) is 2.01. The van der Waals surface area contributed by atoms with Crippen molar-refractivity contribution in [3.63, 3.8) is 0 Å². The molecular weight excluding hydrogens is 224 g/mol. The fourth-order valence-corrected chi connectivity index (χ4v) is 5.18. The van der Waals surface area contributed by atoms with E-state index in [2.05, 4.69) is 11.8 Å². The van der Waals surface area contributed by atoms with Crippen molar-refractivity contribution in [2.45, 2.75) is 58.0 Å². The summed E-state index contributed by atoms with van der Waals surface area (Å²) >= 11 is 0. The largest absolute Gasteiger partial charge is 0.338 e. The monoisotopic (exact) mass is 250 g/mol. The number of carbonyl (C=O) groups is 1. The van der Waals surface area contributed by atoms with E-state index >= 15 is 0 Å². The summed E-state index contributed by atoms with van der Waals surface area (Å²) in [6, 6.07) is 0.156. The summed E-state index contributed by atoms with van der Waals surface area (Å²) in [5.41, 5.74) is 5.81. The van der Waals surface area contributed by atoms with Crippen molar-refractivity contribution in [1.82, 2.24) is 4.90 Å². The van der Waals surface area contributed by atoms with Crippen LogP contribution in [0.3, 0.4) is 0 Å². The van der Waals surface area contributed by atoms with Crippen LogP contribution in [0, 0.1) is 23.7 Å². The van der Waals surface area contributed by atoms with E-state index in [9.17, 15) is 4.79 Å². The van der Waals surface area contributed by atoms with Gasteiger partial charge in [-0.2, -0.15) is 0 Å². The maximum atomic E-state index is 12.3. The molecule has 4 bridgehead atoms. The second-order valence-electron chi connectivity index (χ2n) is 6.83. The maximum Gasteiger partial charge on any atom is 0.239 e. The molecule has 3 nitrogen and oxygen atoms in total. The number of nitrogens with two attached hydrogens (primary N) is 1. The molecule has 18 heavy (non-hydrogen) atoms. The van der Waals surface area contributed by atoms with Gasteiger partial charge in [0, 0.05) is 12.6 Å². The molecule has 0 aromatic rings. The zero-order chi connectivity index (χ0) is 12.9. The smallest absolute Gasteiger partial charge is 0.239 e. The Morgan fingerprint density at radius 2 is 1.67 bits per heavy atom. The second-order valence-corrected chi connectivity index (χ2v) is 6.83. The molecule has 0 aliphatic heterocycles. The first-order valence-electron chi connectivity index (χ1n) is 7.66. The van der Waals surface area contributed by atoms with E-state index in [-0.39, 0.29) is 11.9 Å². The van der Waals surface area contributed by atoms with Crippen LogP contribution in [0.5, 0.6) is 0 Å². The second kappa shape index (κ2) is 4.52. The van der Waals surface area contributed by atoms with Crippen LogP contribution in [0.4, 0.5) is 0 Å². The highest BCUT2D eigenvalue weighted by Crippen LogP contribution is 2.55. The number of likely N-dealkylation sites (N-methyl/N-ethyl adjacent to an activating group) is 1. The number of nitrogens with zero attached hydrogens (tertiary/aromatic N) is 1. The zero-order valence-electron chi connectivity index (χ0n) is 11.6. The third-order valence-corrected chi connectivity index (χ3v) is 5.55. The first-order chi connectivity index (χ1) is 8.60. The Labute approximate surface area is 110 Å². The van der Waals surface area contributed by atoms with Gasteiger partial charge in [0.2, 0.25) is 5.91 Å². The van der Waals surface area contributed by atoms with Gasteiger partial charge in [0.15, 0.2) is 0 Å². The fourth-order valence-electron chi connectivity index (χ4n) is 5.18. The van der Waals surface area contributed by atoms with Crippen LogP contribution in [0.25, 0.3) is 0 Å². The zero-order valence-corrected chi connectivity index (χ0v) is 11.6. The van der Waals surface area contributed by atoms with Crippen molar-refractivity contribution < 1.29 is 4.79 Å². The average Bonchev–Trinajstić information content (AvgIpc) is 2.32. The minimum atomic E-state index is -0.345. The molecule has 4 aliphatic carbocycles. The van der Waals surface area contributed by atoms with Crippen molar-refractivity contribution in [1.29, 1.82) is 0 Å². The van der Waals surface area contributed by atoms with Gasteiger partial charge in [0.1, 0.15) is 0 Å². The lowest BCUT2D eigenvalue weighted by Crippen LogP contribution is -2.59. The molecule has 4 rings (SSSR count). The highest BCUT2D eigenvalue weighted by Gasteiger charge is 2.50. The Bertz CT molecular complexity index is 311. The minimum Gasteiger partial charge on any atom is -0.338 e. The first kappa shape index (κ1) is 12.5. The molecule has 0 aromatic carbocycles. The number of rotatable bonds is 3. The summed E-state index contributed by atoms with van der Waals surface area (Å²) in [4.78, 5) is 14.4. The topological polar surface area (TPSA) is 46.3 Å². The number of hydrogen-bond acceptors (Lipinski definition) is 2. The van der Waals surface area contributed by atoms with Crippen molar-refractivity contribution in [2.24, 2.45) is 29.4 Å². The molecule has 102 valence electrons.